The first kappa shape index (κ1) is 18.0. The van der Waals surface area contributed by atoms with Gasteiger partial charge >= 0.3 is 0 Å². The number of ether oxygens (including phenoxy) is 1. The van der Waals surface area contributed by atoms with Crippen LogP contribution in [0, 0.1) is 13.8 Å². The van der Waals surface area contributed by atoms with Gasteiger partial charge in [-0.2, -0.15) is 0 Å². The summed E-state index contributed by atoms with van der Waals surface area (Å²) in [5, 5.41) is 11.1. The minimum Gasteiger partial charge on any atom is -0.484 e. The van der Waals surface area contributed by atoms with Crippen molar-refractivity contribution >= 4 is 23.4 Å². The number of hydrogen-bond acceptors (Lipinski definition) is 6. The maximum atomic E-state index is 12.2. The summed E-state index contributed by atoms with van der Waals surface area (Å²) in [7, 11) is 0. The molecule has 0 bridgehead atoms. The van der Waals surface area contributed by atoms with Crippen molar-refractivity contribution < 1.29 is 13.9 Å². The second-order valence-corrected chi connectivity index (χ2v) is 6.59. The molecule has 0 saturated carbocycles. The maximum Gasteiger partial charge on any atom is 0.277 e. The maximum absolute atomic E-state index is 12.2. The number of para-hydroxylation sites is 2. The largest absolute Gasteiger partial charge is 0.484 e. The first-order valence-electron chi connectivity index (χ1n) is 8.11. The zero-order chi connectivity index (χ0) is 18.4. The van der Waals surface area contributed by atoms with Crippen molar-refractivity contribution in [1.29, 1.82) is 0 Å². The second kappa shape index (κ2) is 8.53. The van der Waals surface area contributed by atoms with Gasteiger partial charge in [-0.25, -0.2) is 0 Å². The van der Waals surface area contributed by atoms with Crippen molar-refractivity contribution in [3.8, 4) is 5.75 Å². The van der Waals surface area contributed by atoms with Crippen LogP contribution in [0.5, 0.6) is 5.75 Å². The average Bonchev–Trinajstić information content (AvgIpc) is 3.10. The van der Waals surface area contributed by atoms with Crippen molar-refractivity contribution in [3.05, 3.63) is 65.5 Å². The summed E-state index contributed by atoms with van der Waals surface area (Å²) in [6, 6.07) is 15.3. The van der Waals surface area contributed by atoms with E-state index in [-0.39, 0.29) is 18.3 Å². The van der Waals surface area contributed by atoms with Gasteiger partial charge in [-0.1, -0.05) is 48.2 Å². The van der Waals surface area contributed by atoms with Gasteiger partial charge in [0.2, 0.25) is 5.91 Å². The van der Waals surface area contributed by atoms with Gasteiger partial charge in [-0.3, -0.25) is 4.79 Å². The lowest BCUT2D eigenvalue weighted by Gasteiger charge is -2.10. The van der Waals surface area contributed by atoms with E-state index in [1.165, 1.54) is 11.8 Å². The third kappa shape index (κ3) is 4.86. The number of nitrogens with zero attached hydrogens (tertiary/aromatic N) is 2. The molecule has 0 aliphatic heterocycles. The number of carbonyl (C=O) groups is 1. The van der Waals surface area contributed by atoms with Crippen molar-refractivity contribution in [2.24, 2.45) is 0 Å². The number of aromatic nitrogens is 2. The van der Waals surface area contributed by atoms with Crippen molar-refractivity contribution in [1.82, 2.24) is 10.2 Å². The number of amides is 1. The third-order valence-corrected chi connectivity index (χ3v) is 4.44. The van der Waals surface area contributed by atoms with E-state index in [4.69, 9.17) is 9.15 Å². The first-order chi connectivity index (χ1) is 12.6. The molecule has 0 saturated heterocycles. The fourth-order valence-electron chi connectivity index (χ4n) is 2.33. The van der Waals surface area contributed by atoms with Gasteiger partial charge in [-0.15, -0.1) is 10.2 Å². The highest BCUT2D eigenvalue weighted by atomic mass is 32.2. The van der Waals surface area contributed by atoms with E-state index in [1.807, 2.05) is 62.4 Å². The van der Waals surface area contributed by atoms with Crippen molar-refractivity contribution in [3.63, 3.8) is 0 Å². The number of nitrogens with one attached hydrogen (secondary N) is 1. The van der Waals surface area contributed by atoms with E-state index >= 15 is 0 Å². The Hall–Kier alpha value is -2.80. The quantitative estimate of drug-likeness (QED) is 0.635. The normalized spacial score (nSPS) is 10.5. The lowest BCUT2D eigenvalue weighted by molar-refractivity contribution is -0.113. The van der Waals surface area contributed by atoms with E-state index < -0.39 is 0 Å². The van der Waals surface area contributed by atoms with Gasteiger partial charge in [-0.05, 0) is 37.1 Å². The molecule has 0 aliphatic rings. The Kier molecular flexibility index (Phi) is 5.91. The molecule has 134 valence electrons. The number of carbonyl (C=O) groups excluding carboxylic acids is 1. The molecule has 26 heavy (non-hydrogen) atoms. The molecule has 1 amide bonds. The van der Waals surface area contributed by atoms with Crippen LogP contribution >= 0.6 is 11.8 Å². The lowest BCUT2D eigenvalue weighted by atomic mass is 10.1. The molecule has 3 rings (SSSR count). The smallest absolute Gasteiger partial charge is 0.277 e. The minimum absolute atomic E-state index is 0.118. The zero-order valence-corrected chi connectivity index (χ0v) is 15.4. The molecule has 7 heteroatoms. The Balaban J connectivity index is 1.49. The number of rotatable bonds is 7. The summed E-state index contributed by atoms with van der Waals surface area (Å²) in [4.78, 5) is 12.2. The summed E-state index contributed by atoms with van der Waals surface area (Å²) < 4.78 is 11.0. The average molecular weight is 369 g/mol. The van der Waals surface area contributed by atoms with Gasteiger partial charge in [0, 0.05) is 5.69 Å². The number of hydrogen-bond donors (Lipinski definition) is 1. The van der Waals surface area contributed by atoms with Crippen LogP contribution in [0.1, 0.15) is 17.0 Å². The SMILES string of the molecule is Cc1cccc(C)c1NC(=O)CSc1nnc(COc2ccccc2)o1. The predicted molar refractivity (Wildman–Crippen MR) is 100 cm³/mol. The van der Waals surface area contributed by atoms with Crippen LogP contribution in [-0.2, 0) is 11.4 Å². The molecule has 1 aromatic heterocycles. The monoisotopic (exact) mass is 369 g/mol. The standard InChI is InChI=1S/C19H19N3O3S/c1-13-7-6-8-14(2)18(13)20-16(23)12-26-19-22-21-17(25-19)11-24-15-9-4-3-5-10-15/h3-10H,11-12H2,1-2H3,(H,20,23). The van der Waals surface area contributed by atoms with Crippen LogP contribution in [0.15, 0.2) is 58.2 Å². The lowest BCUT2D eigenvalue weighted by Crippen LogP contribution is -2.15. The van der Waals surface area contributed by atoms with Crippen LogP contribution in [0.3, 0.4) is 0 Å². The molecule has 3 aromatic rings. The molecule has 0 aliphatic carbocycles. The summed E-state index contributed by atoms with van der Waals surface area (Å²) in [5.41, 5.74) is 2.91. The zero-order valence-electron chi connectivity index (χ0n) is 14.6. The van der Waals surface area contributed by atoms with E-state index in [1.54, 1.807) is 0 Å². The predicted octanol–water partition coefficient (Wildman–Crippen LogP) is 4.00. The summed E-state index contributed by atoms with van der Waals surface area (Å²) in [6.45, 7) is 4.12. The Morgan fingerprint density at radius 3 is 2.54 bits per heavy atom. The fraction of sp³-hybridized carbons (Fsp3) is 0.211. The highest BCUT2D eigenvalue weighted by Crippen LogP contribution is 2.21. The van der Waals surface area contributed by atoms with Crippen LogP contribution in [0.4, 0.5) is 5.69 Å². The highest BCUT2D eigenvalue weighted by molar-refractivity contribution is 7.99. The number of anilines is 1. The second-order valence-electron chi connectivity index (χ2n) is 5.67. The summed E-state index contributed by atoms with van der Waals surface area (Å²) >= 11 is 1.19. The molecule has 1 N–H and O–H groups in total. The Labute approximate surface area is 156 Å². The van der Waals surface area contributed by atoms with Crippen molar-refractivity contribution in [2.75, 3.05) is 11.1 Å². The highest BCUT2D eigenvalue weighted by Gasteiger charge is 2.12. The molecule has 0 unspecified atom stereocenters. The van der Waals surface area contributed by atoms with Crippen LogP contribution < -0.4 is 10.1 Å². The molecule has 0 spiro atoms. The van der Waals surface area contributed by atoms with E-state index in [9.17, 15) is 4.79 Å². The van der Waals surface area contributed by atoms with Gasteiger partial charge in [0.25, 0.3) is 11.1 Å². The molecule has 0 atom stereocenters. The van der Waals surface area contributed by atoms with Crippen molar-refractivity contribution in [2.45, 2.75) is 25.7 Å². The number of thioether (sulfide) groups is 1. The van der Waals surface area contributed by atoms with Crippen LogP contribution in [0.25, 0.3) is 0 Å². The molecular formula is C19H19N3O3S. The molecule has 6 nitrogen and oxygen atoms in total. The first-order valence-corrected chi connectivity index (χ1v) is 9.09. The van der Waals surface area contributed by atoms with Crippen LogP contribution in [-0.4, -0.2) is 21.9 Å². The van der Waals surface area contributed by atoms with E-state index in [2.05, 4.69) is 15.5 Å². The molecule has 2 aromatic carbocycles. The van der Waals surface area contributed by atoms with Crippen LogP contribution in [0.2, 0.25) is 0 Å². The molecule has 1 heterocycles. The minimum atomic E-state index is -0.118. The summed E-state index contributed by atoms with van der Waals surface area (Å²) in [6.07, 6.45) is 0. The number of aryl methyl sites for hydroxylation is 2. The summed E-state index contributed by atoms with van der Waals surface area (Å²) in [5.74, 6) is 1.17. The molecular weight excluding hydrogens is 350 g/mol. The molecule has 0 fully saturated rings. The van der Waals surface area contributed by atoms with Gasteiger partial charge in [0.05, 0.1) is 5.75 Å². The van der Waals surface area contributed by atoms with E-state index in [0.29, 0.717) is 11.1 Å². The Bertz CT molecular complexity index is 860. The van der Waals surface area contributed by atoms with Gasteiger partial charge in [0.1, 0.15) is 5.75 Å². The topological polar surface area (TPSA) is 77.2 Å². The van der Waals surface area contributed by atoms with Gasteiger partial charge < -0.3 is 14.5 Å². The van der Waals surface area contributed by atoms with E-state index in [0.717, 1.165) is 22.6 Å². The molecule has 0 radical (unpaired) electrons. The Morgan fingerprint density at radius 2 is 1.81 bits per heavy atom. The fourth-order valence-corrected chi connectivity index (χ4v) is 2.91. The third-order valence-electron chi connectivity index (χ3n) is 3.63. The number of benzene rings is 2. The van der Waals surface area contributed by atoms with Gasteiger partial charge in [0.15, 0.2) is 6.61 Å². The Morgan fingerprint density at radius 1 is 1.08 bits per heavy atom.